The lowest BCUT2D eigenvalue weighted by Gasteiger charge is -2.33. The van der Waals surface area contributed by atoms with Crippen LogP contribution in [0.15, 0.2) is 29.2 Å². The van der Waals surface area contributed by atoms with Crippen molar-refractivity contribution in [2.75, 3.05) is 36.0 Å². The summed E-state index contributed by atoms with van der Waals surface area (Å²) in [5.74, 6) is 2.08. The third kappa shape index (κ3) is 3.76. The molecule has 132 valence electrons. The number of aromatic nitrogens is 2. The molecule has 0 spiro atoms. The van der Waals surface area contributed by atoms with Crippen LogP contribution < -0.4 is 15.1 Å². The van der Waals surface area contributed by atoms with E-state index in [0.717, 1.165) is 56.2 Å². The molecule has 0 aromatic carbocycles. The summed E-state index contributed by atoms with van der Waals surface area (Å²) >= 11 is 1.55. The van der Waals surface area contributed by atoms with Crippen LogP contribution in [0.1, 0.15) is 36.0 Å². The number of nitrogens with one attached hydrogen (secondary N) is 1. The second-order valence-electron chi connectivity index (χ2n) is 6.68. The van der Waals surface area contributed by atoms with Crippen molar-refractivity contribution in [2.24, 2.45) is 0 Å². The van der Waals surface area contributed by atoms with Crippen LogP contribution in [-0.4, -0.2) is 48.1 Å². The Morgan fingerprint density at radius 3 is 2.40 bits per heavy atom. The molecule has 0 radical (unpaired) electrons. The summed E-state index contributed by atoms with van der Waals surface area (Å²) < 4.78 is 0. The van der Waals surface area contributed by atoms with E-state index in [-0.39, 0.29) is 11.9 Å². The topological polar surface area (TPSA) is 61.4 Å². The smallest absolute Gasteiger partial charge is 0.252 e. The van der Waals surface area contributed by atoms with Crippen molar-refractivity contribution >= 4 is 28.9 Å². The Hall–Kier alpha value is -2.15. The van der Waals surface area contributed by atoms with Crippen LogP contribution in [0.5, 0.6) is 0 Å². The Bertz CT molecular complexity index is 706. The van der Waals surface area contributed by atoms with Gasteiger partial charge in [0.2, 0.25) is 0 Å². The Labute approximate surface area is 151 Å². The predicted octanol–water partition coefficient (Wildman–Crippen LogP) is 2.54. The number of hydrogen-bond donors (Lipinski definition) is 1. The molecule has 2 aromatic rings. The average molecular weight is 357 g/mol. The zero-order valence-electron chi connectivity index (χ0n) is 14.2. The highest BCUT2D eigenvalue weighted by molar-refractivity contribution is 7.08. The van der Waals surface area contributed by atoms with E-state index in [1.54, 1.807) is 17.7 Å². The summed E-state index contributed by atoms with van der Waals surface area (Å²) in [7, 11) is 0. The first-order valence-corrected chi connectivity index (χ1v) is 9.89. The number of carbonyl (C=O) groups excluding carboxylic acids is 1. The fourth-order valence-corrected chi connectivity index (χ4v) is 4.18. The monoisotopic (exact) mass is 357 g/mol. The minimum Gasteiger partial charge on any atom is -0.356 e. The first kappa shape index (κ1) is 16.3. The van der Waals surface area contributed by atoms with Crippen LogP contribution in [0.3, 0.4) is 0 Å². The highest BCUT2D eigenvalue weighted by Gasteiger charge is 2.23. The Balaban J connectivity index is 1.34. The van der Waals surface area contributed by atoms with Crippen molar-refractivity contribution < 1.29 is 4.79 Å². The van der Waals surface area contributed by atoms with Crippen LogP contribution in [0.4, 0.5) is 11.6 Å². The van der Waals surface area contributed by atoms with Crippen molar-refractivity contribution in [3.05, 3.63) is 34.8 Å². The van der Waals surface area contributed by atoms with Gasteiger partial charge in [0.15, 0.2) is 0 Å². The molecule has 0 unspecified atom stereocenters. The molecule has 0 saturated carbocycles. The standard InChI is InChI=1S/C18H23N5OS/c24-18(14-5-10-25-12-14)21-15-3-8-23(9-4-15)17-11-16(19-13-20-17)22-6-1-2-7-22/h5,10-13,15H,1-4,6-9H2,(H,21,24). The van der Waals surface area contributed by atoms with Gasteiger partial charge in [-0.2, -0.15) is 11.3 Å². The van der Waals surface area contributed by atoms with Gasteiger partial charge in [-0.05, 0) is 37.1 Å². The molecule has 2 aliphatic rings. The second kappa shape index (κ2) is 7.39. The van der Waals surface area contributed by atoms with E-state index in [0.29, 0.717) is 0 Å². The van der Waals surface area contributed by atoms with E-state index in [1.807, 2.05) is 16.8 Å². The summed E-state index contributed by atoms with van der Waals surface area (Å²) in [6.07, 6.45) is 6.05. The van der Waals surface area contributed by atoms with Gasteiger partial charge in [0.25, 0.3) is 5.91 Å². The van der Waals surface area contributed by atoms with E-state index in [2.05, 4.69) is 31.2 Å². The van der Waals surface area contributed by atoms with Crippen LogP contribution in [0.25, 0.3) is 0 Å². The molecule has 2 fully saturated rings. The number of rotatable bonds is 4. The number of thiophene rings is 1. The summed E-state index contributed by atoms with van der Waals surface area (Å²) in [4.78, 5) is 25.7. The van der Waals surface area contributed by atoms with Crippen LogP contribution in [0, 0.1) is 0 Å². The number of anilines is 2. The van der Waals surface area contributed by atoms with Crippen molar-refractivity contribution in [3.8, 4) is 0 Å². The number of nitrogens with zero attached hydrogens (tertiary/aromatic N) is 4. The lowest BCUT2D eigenvalue weighted by atomic mass is 10.0. The summed E-state index contributed by atoms with van der Waals surface area (Å²) in [5.41, 5.74) is 0.762. The van der Waals surface area contributed by atoms with Gasteiger partial charge < -0.3 is 15.1 Å². The maximum atomic E-state index is 12.2. The van der Waals surface area contributed by atoms with E-state index < -0.39 is 0 Å². The molecule has 2 saturated heterocycles. The Morgan fingerprint density at radius 2 is 1.76 bits per heavy atom. The summed E-state index contributed by atoms with van der Waals surface area (Å²) in [5, 5.41) is 6.98. The normalized spacial score (nSPS) is 18.6. The minimum absolute atomic E-state index is 0.0399. The SMILES string of the molecule is O=C(NC1CCN(c2cc(N3CCCC3)ncn2)CC1)c1ccsc1. The predicted molar refractivity (Wildman–Crippen MR) is 100 cm³/mol. The van der Waals surface area contributed by atoms with E-state index >= 15 is 0 Å². The van der Waals surface area contributed by atoms with Gasteiger partial charge in [-0.15, -0.1) is 0 Å². The lowest BCUT2D eigenvalue weighted by Crippen LogP contribution is -2.45. The first-order chi connectivity index (χ1) is 12.3. The quantitative estimate of drug-likeness (QED) is 0.911. The highest BCUT2D eigenvalue weighted by atomic mass is 32.1. The third-order valence-electron chi connectivity index (χ3n) is 5.01. The molecule has 1 N–H and O–H groups in total. The number of carbonyl (C=O) groups is 1. The molecule has 7 heteroatoms. The molecule has 0 aliphatic carbocycles. The van der Waals surface area contributed by atoms with Crippen molar-refractivity contribution in [2.45, 2.75) is 31.7 Å². The molecule has 4 heterocycles. The summed E-state index contributed by atoms with van der Waals surface area (Å²) in [6, 6.07) is 4.22. The molecular formula is C18H23N5OS. The maximum absolute atomic E-state index is 12.2. The molecule has 0 bridgehead atoms. The minimum atomic E-state index is 0.0399. The lowest BCUT2D eigenvalue weighted by molar-refractivity contribution is 0.0931. The first-order valence-electron chi connectivity index (χ1n) is 8.94. The largest absolute Gasteiger partial charge is 0.356 e. The number of piperidine rings is 1. The van der Waals surface area contributed by atoms with E-state index in [1.165, 1.54) is 12.8 Å². The van der Waals surface area contributed by atoms with E-state index in [9.17, 15) is 4.79 Å². The van der Waals surface area contributed by atoms with Gasteiger partial charge in [-0.25, -0.2) is 9.97 Å². The maximum Gasteiger partial charge on any atom is 0.252 e. The summed E-state index contributed by atoms with van der Waals surface area (Å²) in [6.45, 7) is 4.00. The second-order valence-corrected chi connectivity index (χ2v) is 7.46. The zero-order chi connectivity index (χ0) is 17.1. The van der Waals surface area contributed by atoms with Crippen molar-refractivity contribution in [3.63, 3.8) is 0 Å². The molecule has 25 heavy (non-hydrogen) atoms. The fourth-order valence-electron chi connectivity index (χ4n) is 3.54. The van der Waals surface area contributed by atoms with Gasteiger partial charge in [0.05, 0.1) is 0 Å². The van der Waals surface area contributed by atoms with Gasteiger partial charge in [0, 0.05) is 49.2 Å². The Morgan fingerprint density at radius 1 is 1.08 bits per heavy atom. The number of hydrogen-bond acceptors (Lipinski definition) is 6. The van der Waals surface area contributed by atoms with Crippen molar-refractivity contribution in [1.29, 1.82) is 0 Å². The van der Waals surface area contributed by atoms with Crippen LogP contribution in [0.2, 0.25) is 0 Å². The highest BCUT2D eigenvalue weighted by Crippen LogP contribution is 2.23. The molecule has 0 atom stereocenters. The zero-order valence-corrected chi connectivity index (χ0v) is 15.0. The fraction of sp³-hybridized carbons (Fsp3) is 0.500. The van der Waals surface area contributed by atoms with Gasteiger partial charge in [-0.1, -0.05) is 0 Å². The molecule has 2 aliphatic heterocycles. The van der Waals surface area contributed by atoms with Crippen LogP contribution in [-0.2, 0) is 0 Å². The molecule has 1 amide bonds. The molecular weight excluding hydrogens is 334 g/mol. The third-order valence-corrected chi connectivity index (χ3v) is 5.69. The van der Waals surface area contributed by atoms with Gasteiger partial charge in [0.1, 0.15) is 18.0 Å². The Kier molecular flexibility index (Phi) is 4.83. The molecule has 6 nitrogen and oxygen atoms in total. The van der Waals surface area contributed by atoms with Crippen LogP contribution >= 0.6 is 11.3 Å². The average Bonchev–Trinajstić information content (AvgIpc) is 3.36. The van der Waals surface area contributed by atoms with Gasteiger partial charge in [-0.3, -0.25) is 4.79 Å². The van der Waals surface area contributed by atoms with Gasteiger partial charge >= 0.3 is 0 Å². The molecule has 2 aromatic heterocycles. The van der Waals surface area contributed by atoms with Crippen molar-refractivity contribution in [1.82, 2.24) is 15.3 Å². The molecule has 4 rings (SSSR count). The number of amides is 1. The van der Waals surface area contributed by atoms with E-state index in [4.69, 9.17) is 0 Å².